The highest BCUT2D eigenvalue weighted by Gasteiger charge is 2.31. The number of primary amides is 1. The number of carbonyl (C=O) groups is 2. The average molecular weight is 446 g/mol. The number of alkyl halides is 3. The third-order valence-corrected chi connectivity index (χ3v) is 4.44. The van der Waals surface area contributed by atoms with Crippen molar-refractivity contribution in [1.82, 2.24) is 10.3 Å². The van der Waals surface area contributed by atoms with Crippen LogP contribution in [-0.2, 0) is 22.2 Å². The molecule has 0 aliphatic heterocycles. The number of aromatic nitrogens is 1. The van der Waals surface area contributed by atoms with Gasteiger partial charge in [0.15, 0.2) is 6.10 Å². The number of nitrogens with zero attached hydrogens (tertiary/aromatic N) is 1. The number of rotatable bonds is 6. The predicted molar refractivity (Wildman–Crippen MR) is 93.2 cm³/mol. The van der Waals surface area contributed by atoms with Gasteiger partial charge in [0, 0.05) is 12.6 Å². The summed E-state index contributed by atoms with van der Waals surface area (Å²) in [6, 6.07) is 5.66. The molecule has 0 unspecified atom stereocenters. The summed E-state index contributed by atoms with van der Waals surface area (Å²) in [4.78, 5) is 27.8. The van der Waals surface area contributed by atoms with E-state index in [0.717, 1.165) is 24.3 Å². The third kappa shape index (κ3) is 5.51. The number of carbonyl (C=O) groups excluding carboxylic acids is 2. The summed E-state index contributed by atoms with van der Waals surface area (Å²) < 4.78 is 38.2. The molecule has 144 valence electrons. The molecule has 0 spiro atoms. The van der Waals surface area contributed by atoms with E-state index in [1.165, 1.54) is 6.20 Å². The van der Waals surface area contributed by atoms with Gasteiger partial charge in [-0.05, 0) is 45.3 Å². The first kappa shape index (κ1) is 20.8. The number of amides is 2. The number of nitrogens with one attached hydrogen (secondary N) is 1. The molecular formula is C17H15BrF3N3O3. The first-order valence-corrected chi connectivity index (χ1v) is 8.43. The maximum absolute atomic E-state index is 12.6. The number of aliphatic hydroxyl groups is 1. The molecule has 10 heteroatoms. The van der Waals surface area contributed by atoms with Crippen molar-refractivity contribution in [2.75, 3.05) is 0 Å². The Hall–Kier alpha value is -2.46. The molecule has 6 nitrogen and oxygen atoms in total. The fraction of sp³-hybridized carbons (Fsp3) is 0.235. The van der Waals surface area contributed by atoms with Crippen LogP contribution in [0.2, 0.25) is 0 Å². The van der Waals surface area contributed by atoms with Gasteiger partial charge in [-0.2, -0.15) is 13.2 Å². The van der Waals surface area contributed by atoms with Crippen LogP contribution < -0.4 is 11.1 Å². The van der Waals surface area contributed by atoms with Gasteiger partial charge in [0.2, 0.25) is 5.91 Å². The van der Waals surface area contributed by atoms with Crippen LogP contribution in [0.3, 0.4) is 0 Å². The molecule has 4 N–H and O–H groups in total. The zero-order valence-electron chi connectivity index (χ0n) is 13.7. The van der Waals surface area contributed by atoms with E-state index in [1.807, 2.05) is 0 Å². The van der Waals surface area contributed by atoms with Crippen LogP contribution in [0.4, 0.5) is 13.2 Å². The monoisotopic (exact) mass is 445 g/mol. The van der Waals surface area contributed by atoms with Crippen LogP contribution in [0.1, 0.15) is 22.8 Å². The molecule has 1 aromatic heterocycles. The van der Waals surface area contributed by atoms with Crippen molar-refractivity contribution < 1.29 is 27.9 Å². The van der Waals surface area contributed by atoms with Crippen molar-refractivity contribution in [1.29, 1.82) is 0 Å². The quantitative estimate of drug-likeness (QED) is 0.592. The summed E-state index contributed by atoms with van der Waals surface area (Å²) in [6.07, 6.45) is -4.74. The van der Waals surface area contributed by atoms with E-state index in [0.29, 0.717) is 10.2 Å². The molecular weight excluding hydrogens is 431 g/mol. The second-order valence-corrected chi connectivity index (χ2v) is 6.39. The van der Waals surface area contributed by atoms with Gasteiger partial charge in [-0.25, -0.2) is 4.98 Å². The fourth-order valence-corrected chi connectivity index (χ4v) is 2.68. The SMILES string of the molecule is NC(=O)[C@H](Cc1cccnc1Br)NC(=O)[C@H](O)c1ccc(C(F)(F)F)cc1. The number of nitrogens with two attached hydrogens (primary N) is 1. The van der Waals surface area contributed by atoms with Gasteiger partial charge in [-0.15, -0.1) is 0 Å². The maximum Gasteiger partial charge on any atom is 0.416 e. The summed E-state index contributed by atoms with van der Waals surface area (Å²) in [5.41, 5.74) is 4.94. The van der Waals surface area contributed by atoms with E-state index in [9.17, 15) is 27.9 Å². The summed E-state index contributed by atoms with van der Waals surface area (Å²) in [5, 5.41) is 12.4. The van der Waals surface area contributed by atoms with Gasteiger partial charge >= 0.3 is 6.18 Å². The second kappa shape index (κ2) is 8.49. The average Bonchev–Trinajstić information content (AvgIpc) is 2.61. The van der Waals surface area contributed by atoms with E-state index in [-0.39, 0.29) is 12.0 Å². The van der Waals surface area contributed by atoms with E-state index in [1.54, 1.807) is 12.1 Å². The van der Waals surface area contributed by atoms with E-state index in [2.05, 4.69) is 26.2 Å². The Morgan fingerprint density at radius 3 is 2.37 bits per heavy atom. The summed E-state index contributed by atoms with van der Waals surface area (Å²) in [5.74, 6) is -1.79. The summed E-state index contributed by atoms with van der Waals surface area (Å²) >= 11 is 3.21. The van der Waals surface area contributed by atoms with Gasteiger partial charge in [0.05, 0.1) is 5.56 Å². The molecule has 2 rings (SSSR count). The molecule has 0 aliphatic rings. The van der Waals surface area contributed by atoms with Gasteiger partial charge in [0.25, 0.3) is 5.91 Å². The Kier molecular flexibility index (Phi) is 6.55. The molecule has 0 aliphatic carbocycles. The molecule has 0 radical (unpaired) electrons. The van der Waals surface area contributed by atoms with Crippen molar-refractivity contribution >= 4 is 27.7 Å². The molecule has 0 fully saturated rings. The third-order valence-electron chi connectivity index (χ3n) is 3.72. The minimum absolute atomic E-state index is 0.0230. The first-order valence-electron chi connectivity index (χ1n) is 7.64. The van der Waals surface area contributed by atoms with Crippen LogP contribution in [0, 0.1) is 0 Å². The first-order chi connectivity index (χ1) is 12.6. The second-order valence-electron chi connectivity index (χ2n) is 5.64. The lowest BCUT2D eigenvalue weighted by molar-refractivity contribution is -0.137. The lowest BCUT2D eigenvalue weighted by Crippen LogP contribution is -2.47. The molecule has 2 aromatic rings. The van der Waals surface area contributed by atoms with Crippen molar-refractivity contribution in [2.24, 2.45) is 5.73 Å². The van der Waals surface area contributed by atoms with E-state index < -0.39 is 35.7 Å². The molecule has 1 heterocycles. The topological polar surface area (TPSA) is 105 Å². The zero-order chi connectivity index (χ0) is 20.2. The number of hydrogen-bond acceptors (Lipinski definition) is 4. The Balaban J connectivity index is 2.10. The Morgan fingerprint density at radius 1 is 1.22 bits per heavy atom. The Bertz CT molecular complexity index is 828. The highest BCUT2D eigenvalue weighted by molar-refractivity contribution is 9.10. The normalized spacial score (nSPS) is 13.7. The van der Waals surface area contributed by atoms with Crippen LogP contribution in [0.25, 0.3) is 0 Å². The standard InChI is InChI=1S/C17H15BrF3N3O3/c18-14-10(2-1-7-23-14)8-12(15(22)26)24-16(27)13(25)9-3-5-11(6-4-9)17(19,20)21/h1-7,12-13,25H,8H2,(H2,22,26)(H,24,27)/t12-,13+/m0/s1. The minimum Gasteiger partial charge on any atom is -0.378 e. The van der Waals surface area contributed by atoms with Crippen molar-refractivity contribution in [3.05, 3.63) is 63.9 Å². The van der Waals surface area contributed by atoms with Crippen LogP contribution in [-0.4, -0.2) is 27.9 Å². The summed E-state index contributed by atoms with van der Waals surface area (Å²) in [6.45, 7) is 0. The number of aliphatic hydroxyl groups excluding tert-OH is 1. The van der Waals surface area contributed by atoms with E-state index in [4.69, 9.17) is 5.73 Å². The number of halogens is 4. The molecule has 1 aromatic carbocycles. The number of pyridine rings is 1. The lowest BCUT2D eigenvalue weighted by atomic mass is 10.0. The van der Waals surface area contributed by atoms with Gasteiger partial charge in [-0.3, -0.25) is 9.59 Å². The Morgan fingerprint density at radius 2 is 1.85 bits per heavy atom. The van der Waals surface area contributed by atoms with Crippen molar-refractivity contribution in [3.63, 3.8) is 0 Å². The van der Waals surface area contributed by atoms with Crippen LogP contribution in [0.5, 0.6) is 0 Å². The van der Waals surface area contributed by atoms with Crippen molar-refractivity contribution in [3.8, 4) is 0 Å². The van der Waals surface area contributed by atoms with Crippen molar-refractivity contribution in [2.45, 2.75) is 24.7 Å². The molecule has 2 atom stereocenters. The summed E-state index contributed by atoms with van der Waals surface area (Å²) in [7, 11) is 0. The van der Waals surface area contributed by atoms with Gasteiger partial charge in [0.1, 0.15) is 10.6 Å². The Labute approximate surface area is 160 Å². The largest absolute Gasteiger partial charge is 0.416 e. The van der Waals surface area contributed by atoms with Crippen LogP contribution in [0.15, 0.2) is 47.2 Å². The fourth-order valence-electron chi connectivity index (χ4n) is 2.27. The number of benzene rings is 1. The minimum atomic E-state index is -4.53. The van der Waals surface area contributed by atoms with Crippen LogP contribution >= 0.6 is 15.9 Å². The lowest BCUT2D eigenvalue weighted by Gasteiger charge is -2.19. The molecule has 0 saturated carbocycles. The van der Waals surface area contributed by atoms with E-state index >= 15 is 0 Å². The molecule has 27 heavy (non-hydrogen) atoms. The molecule has 2 amide bonds. The molecule has 0 saturated heterocycles. The number of hydrogen-bond donors (Lipinski definition) is 3. The predicted octanol–water partition coefficient (Wildman–Crippen LogP) is 2.11. The smallest absolute Gasteiger partial charge is 0.378 e. The molecule has 0 bridgehead atoms. The highest BCUT2D eigenvalue weighted by atomic mass is 79.9. The van der Waals surface area contributed by atoms with Gasteiger partial charge < -0.3 is 16.2 Å². The zero-order valence-corrected chi connectivity index (χ0v) is 15.3. The highest BCUT2D eigenvalue weighted by Crippen LogP contribution is 2.30. The maximum atomic E-state index is 12.6. The van der Waals surface area contributed by atoms with Gasteiger partial charge in [-0.1, -0.05) is 18.2 Å².